The summed E-state index contributed by atoms with van der Waals surface area (Å²) in [6.07, 6.45) is 16.6. The number of rotatable bonds is 32. The van der Waals surface area contributed by atoms with E-state index >= 15 is 0 Å². The maximum atomic E-state index is 13.1. The Morgan fingerprint density at radius 3 is 1.69 bits per heavy atom. The normalized spacial score (nSPS) is 29.1. The molecule has 0 aromatic rings. The first-order valence-electron chi connectivity index (χ1n) is 22.2. The van der Waals surface area contributed by atoms with Crippen molar-refractivity contribution in [2.75, 3.05) is 19.8 Å². The highest BCUT2D eigenvalue weighted by Gasteiger charge is 2.50. The van der Waals surface area contributed by atoms with E-state index in [0.29, 0.717) is 12.8 Å². The number of allylic oxidation sites excluding steroid dienone is 5. The van der Waals surface area contributed by atoms with E-state index in [2.05, 4.69) is 30.5 Å². The molecule has 2 aliphatic heterocycles. The number of hydrogen-bond donors (Lipinski definition) is 9. The molecule has 2 saturated heterocycles. The first kappa shape index (κ1) is 52.3. The van der Waals surface area contributed by atoms with Gasteiger partial charge in [0.05, 0.1) is 32.0 Å². The molecule has 0 aliphatic carbocycles. The predicted molar refractivity (Wildman–Crippen MR) is 221 cm³/mol. The maximum Gasteiger partial charge on any atom is 0.220 e. The van der Waals surface area contributed by atoms with Crippen molar-refractivity contribution in [3.05, 3.63) is 36.5 Å². The fraction of sp³-hybridized carbons (Fsp3) is 0.841. The molecule has 14 heteroatoms. The Hall–Kier alpha value is -1.79. The minimum atomic E-state index is -1.79. The molecule has 14 nitrogen and oxygen atoms in total. The molecule has 0 saturated carbocycles. The Morgan fingerprint density at radius 1 is 0.638 bits per heavy atom. The smallest absolute Gasteiger partial charge is 0.220 e. The summed E-state index contributed by atoms with van der Waals surface area (Å²) in [6, 6.07) is -0.930. The van der Waals surface area contributed by atoms with E-state index in [4.69, 9.17) is 18.9 Å². The van der Waals surface area contributed by atoms with E-state index in [9.17, 15) is 45.6 Å². The molecule has 1 amide bonds. The van der Waals surface area contributed by atoms with Crippen molar-refractivity contribution in [1.29, 1.82) is 0 Å². The molecule has 12 unspecified atom stereocenters. The lowest BCUT2D eigenvalue weighted by molar-refractivity contribution is -0.359. The lowest BCUT2D eigenvalue weighted by Gasteiger charge is -2.46. The summed E-state index contributed by atoms with van der Waals surface area (Å²) in [4.78, 5) is 13.1. The second-order valence-electron chi connectivity index (χ2n) is 15.8. The minimum absolute atomic E-state index is 0.258. The molecule has 2 aliphatic rings. The van der Waals surface area contributed by atoms with Crippen LogP contribution >= 0.6 is 0 Å². The number of aliphatic hydroxyl groups excluding tert-OH is 8. The van der Waals surface area contributed by atoms with Crippen LogP contribution in [-0.4, -0.2) is 140 Å². The molecule has 9 N–H and O–H groups in total. The second kappa shape index (κ2) is 32.0. The van der Waals surface area contributed by atoms with Crippen LogP contribution in [0.5, 0.6) is 0 Å². The van der Waals surface area contributed by atoms with Crippen molar-refractivity contribution in [3.8, 4) is 0 Å². The standard InChI is InChI=1S/C44H79NO13/c1-3-5-7-9-11-13-14-15-16-17-18-20-22-24-26-28-36(49)45-32(33(48)27-25-23-21-19-12-10-8-6-4-2)31-55-43-41(54)39(52)42(35(30-47)57-43)58-44-40(53)38(51)37(50)34(29-46)56-44/h4,6,12,19,25,27,32-35,37-44,46-48,50-54H,3,5,7-11,13-18,20-24,26,28-31H2,1-2H3,(H,45,49)/b6-4+,19-12+,27-25+. The van der Waals surface area contributed by atoms with Gasteiger partial charge in [0.25, 0.3) is 0 Å². The number of carbonyl (C=O) groups is 1. The lowest BCUT2D eigenvalue weighted by Crippen LogP contribution is -2.65. The first-order chi connectivity index (χ1) is 28.1. The van der Waals surface area contributed by atoms with Gasteiger partial charge in [0.15, 0.2) is 12.6 Å². The average molecular weight is 830 g/mol. The Kier molecular flexibility index (Phi) is 28.9. The molecule has 2 heterocycles. The molecule has 0 aromatic carbocycles. The summed E-state index contributed by atoms with van der Waals surface area (Å²) in [7, 11) is 0. The Balaban J connectivity index is 1.89. The van der Waals surface area contributed by atoms with E-state index in [1.807, 2.05) is 19.1 Å². The van der Waals surface area contributed by atoms with Gasteiger partial charge in [-0.2, -0.15) is 0 Å². The van der Waals surface area contributed by atoms with Crippen molar-refractivity contribution >= 4 is 5.91 Å². The summed E-state index contributed by atoms with van der Waals surface area (Å²) in [5.41, 5.74) is 0. The molecular formula is C44H79NO13. The number of amides is 1. The molecule has 2 rings (SSSR count). The monoisotopic (exact) mass is 830 g/mol. The Morgan fingerprint density at radius 2 is 1.14 bits per heavy atom. The number of ether oxygens (including phenoxy) is 4. The third-order valence-corrected chi connectivity index (χ3v) is 10.9. The van der Waals surface area contributed by atoms with Crippen LogP contribution in [0, 0.1) is 0 Å². The molecule has 0 aromatic heterocycles. The molecule has 0 radical (unpaired) electrons. The molecule has 2 fully saturated rings. The van der Waals surface area contributed by atoms with Gasteiger partial charge in [-0.05, 0) is 39.0 Å². The van der Waals surface area contributed by atoms with Crippen LogP contribution in [0.3, 0.4) is 0 Å². The van der Waals surface area contributed by atoms with Crippen LogP contribution in [0.15, 0.2) is 36.5 Å². The summed E-state index contributed by atoms with van der Waals surface area (Å²) < 4.78 is 22.5. The van der Waals surface area contributed by atoms with Gasteiger partial charge in [0.2, 0.25) is 5.91 Å². The predicted octanol–water partition coefficient (Wildman–Crippen LogP) is 3.98. The largest absolute Gasteiger partial charge is 0.394 e. The second-order valence-corrected chi connectivity index (χ2v) is 15.8. The van der Waals surface area contributed by atoms with Gasteiger partial charge in [-0.1, -0.05) is 133 Å². The number of unbranched alkanes of at least 4 members (excludes halogenated alkanes) is 16. The lowest BCUT2D eigenvalue weighted by atomic mass is 9.97. The molecular weight excluding hydrogens is 750 g/mol. The van der Waals surface area contributed by atoms with E-state index in [1.54, 1.807) is 6.08 Å². The maximum absolute atomic E-state index is 13.1. The summed E-state index contributed by atoms with van der Waals surface area (Å²) >= 11 is 0. The topological polar surface area (TPSA) is 228 Å². The zero-order valence-corrected chi connectivity index (χ0v) is 35.3. The van der Waals surface area contributed by atoms with Crippen molar-refractivity contribution in [2.24, 2.45) is 0 Å². The molecule has 0 bridgehead atoms. The SMILES string of the molecule is C/C=C/CC/C=C/CC/C=C/C(O)C(COC1OC(CO)C(OC2OC(CO)C(O)C(O)C2O)C(O)C1O)NC(=O)CCCCCCCCCCCCCCCCC. The van der Waals surface area contributed by atoms with Crippen LogP contribution in [0.4, 0.5) is 0 Å². The van der Waals surface area contributed by atoms with Crippen LogP contribution in [0.25, 0.3) is 0 Å². The highest BCUT2D eigenvalue weighted by molar-refractivity contribution is 5.76. The van der Waals surface area contributed by atoms with E-state index < -0.39 is 86.8 Å². The third kappa shape index (κ3) is 20.2. The minimum Gasteiger partial charge on any atom is -0.394 e. The molecule has 0 spiro atoms. The highest BCUT2D eigenvalue weighted by Crippen LogP contribution is 2.30. The highest BCUT2D eigenvalue weighted by atomic mass is 16.7. The summed E-state index contributed by atoms with van der Waals surface area (Å²) in [6.45, 7) is 2.49. The molecule has 338 valence electrons. The van der Waals surface area contributed by atoms with Gasteiger partial charge < -0.3 is 65.1 Å². The van der Waals surface area contributed by atoms with Gasteiger partial charge in [-0.3, -0.25) is 4.79 Å². The van der Waals surface area contributed by atoms with Gasteiger partial charge in [-0.25, -0.2) is 0 Å². The van der Waals surface area contributed by atoms with Crippen LogP contribution in [0.2, 0.25) is 0 Å². The van der Waals surface area contributed by atoms with Gasteiger partial charge in [-0.15, -0.1) is 0 Å². The van der Waals surface area contributed by atoms with Crippen molar-refractivity contribution < 1.29 is 64.6 Å². The zero-order valence-electron chi connectivity index (χ0n) is 35.3. The number of carbonyl (C=O) groups excluding carboxylic acids is 1. The number of aliphatic hydroxyl groups is 8. The Labute approximate surface area is 347 Å². The summed E-state index contributed by atoms with van der Waals surface area (Å²) in [5.74, 6) is -0.258. The van der Waals surface area contributed by atoms with Gasteiger partial charge >= 0.3 is 0 Å². The van der Waals surface area contributed by atoms with Crippen molar-refractivity contribution in [3.63, 3.8) is 0 Å². The van der Waals surface area contributed by atoms with E-state index in [1.165, 1.54) is 70.6 Å². The van der Waals surface area contributed by atoms with E-state index in [-0.39, 0.29) is 18.9 Å². The van der Waals surface area contributed by atoms with Crippen molar-refractivity contribution in [2.45, 2.75) is 216 Å². The van der Waals surface area contributed by atoms with Crippen LogP contribution < -0.4 is 5.32 Å². The first-order valence-corrected chi connectivity index (χ1v) is 22.2. The van der Waals surface area contributed by atoms with Crippen LogP contribution in [-0.2, 0) is 23.7 Å². The van der Waals surface area contributed by atoms with Crippen molar-refractivity contribution in [1.82, 2.24) is 5.32 Å². The fourth-order valence-corrected chi connectivity index (χ4v) is 7.21. The van der Waals surface area contributed by atoms with Crippen LogP contribution in [0.1, 0.15) is 142 Å². The Bertz CT molecular complexity index is 1120. The average Bonchev–Trinajstić information content (AvgIpc) is 3.22. The zero-order chi connectivity index (χ0) is 42.5. The van der Waals surface area contributed by atoms with Gasteiger partial charge in [0, 0.05) is 6.42 Å². The quantitative estimate of drug-likeness (QED) is 0.0346. The number of hydrogen-bond acceptors (Lipinski definition) is 13. The third-order valence-electron chi connectivity index (χ3n) is 10.9. The molecule has 12 atom stereocenters. The van der Waals surface area contributed by atoms with Gasteiger partial charge in [0.1, 0.15) is 48.8 Å². The summed E-state index contributed by atoms with van der Waals surface area (Å²) in [5, 5.41) is 86.2. The van der Waals surface area contributed by atoms with E-state index in [0.717, 1.165) is 38.5 Å². The number of nitrogens with one attached hydrogen (secondary N) is 1. The molecule has 58 heavy (non-hydrogen) atoms. The fourth-order valence-electron chi connectivity index (χ4n) is 7.21.